The summed E-state index contributed by atoms with van der Waals surface area (Å²) in [4.78, 5) is 22.4. The normalized spacial score (nSPS) is 10.8. The maximum atomic E-state index is 11.9. The highest BCUT2D eigenvalue weighted by Crippen LogP contribution is 2.16. The first-order valence-corrected chi connectivity index (χ1v) is 6.74. The van der Waals surface area contributed by atoms with Crippen molar-refractivity contribution in [1.82, 2.24) is 10.6 Å². The Morgan fingerprint density at radius 2 is 1.95 bits per heavy atom. The van der Waals surface area contributed by atoms with Gasteiger partial charge in [0.05, 0.1) is 7.11 Å². The minimum atomic E-state index is -0.876. The first-order chi connectivity index (χ1) is 9.84. The van der Waals surface area contributed by atoms with E-state index < -0.39 is 11.5 Å². The summed E-state index contributed by atoms with van der Waals surface area (Å²) >= 11 is 0. The van der Waals surface area contributed by atoms with Crippen molar-refractivity contribution >= 4 is 12.0 Å². The molecule has 0 unspecified atom stereocenters. The lowest BCUT2D eigenvalue weighted by molar-refractivity contribution is -0.137. The monoisotopic (exact) mass is 294 g/mol. The molecule has 0 bridgehead atoms. The minimum Gasteiger partial charge on any atom is -0.496 e. The summed E-state index contributed by atoms with van der Waals surface area (Å²) in [6.07, 6.45) is 0.379. The Morgan fingerprint density at radius 1 is 1.29 bits per heavy atom. The topological polar surface area (TPSA) is 87.7 Å². The molecule has 6 heteroatoms. The van der Waals surface area contributed by atoms with Crippen molar-refractivity contribution in [2.75, 3.05) is 7.11 Å². The third-order valence-electron chi connectivity index (χ3n) is 3.05. The Balaban J connectivity index is 2.48. The molecule has 1 rings (SSSR count). The number of carboxylic acid groups (broad SMARTS) is 1. The van der Waals surface area contributed by atoms with Gasteiger partial charge in [-0.25, -0.2) is 4.79 Å². The third-order valence-corrected chi connectivity index (χ3v) is 3.05. The van der Waals surface area contributed by atoms with Gasteiger partial charge in [0.2, 0.25) is 0 Å². The lowest BCUT2D eigenvalue weighted by atomic mass is 9.99. The molecule has 0 aliphatic carbocycles. The molecule has 3 N–H and O–H groups in total. The van der Waals surface area contributed by atoms with Crippen molar-refractivity contribution < 1.29 is 19.4 Å². The zero-order chi connectivity index (χ0) is 15.9. The van der Waals surface area contributed by atoms with Crippen LogP contribution in [0.2, 0.25) is 0 Å². The molecule has 0 atom stereocenters. The van der Waals surface area contributed by atoms with E-state index >= 15 is 0 Å². The van der Waals surface area contributed by atoms with E-state index in [0.29, 0.717) is 18.7 Å². The number of benzene rings is 1. The number of amides is 2. The lowest BCUT2D eigenvalue weighted by Gasteiger charge is -2.25. The number of ether oxygens (including phenoxy) is 1. The van der Waals surface area contributed by atoms with Gasteiger partial charge in [0, 0.05) is 24.1 Å². The van der Waals surface area contributed by atoms with E-state index in [9.17, 15) is 9.59 Å². The van der Waals surface area contributed by atoms with Gasteiger partial charge in [-0.1, -0.05) is 18.2 Å². The molecule has 116 valence electrons. The molecule has 1 aromatic carbocycles. The van der Waals surface area contributed by atoms with Gasteiger partial charge in [-0.15, -0.1) is 0 Å². The van der Waals surface area contributed by atoms with Gasteiger partial charge in [0.25, 0.3) is 0 Å². The van der Waals surface area contributed by atoms with E-state index in [0.717, 1.165) is 5.56 Å². The van der Waals surface area contributed by atoms with Crippen molar-refractivity contribution in [3.05, 3.63) is 29.8 Å². The van der Waals surface area contributed by atoms with Crippen LogP contribution in [-0.2, 0) is 11.3 Å². The van der Waals surface area contributed by atoms with E-state index in [1.54, 1.807) is 21.0 Å². The van der Waals surface area contributed by atoms with Crippen LogP contribution in [0.1, 0.15) is 32.3 Å². The number of rotatable bonds is 7. The maximum Gasteiger partial charge on any atom is 0.315 e. The molecule has 0 spiro atoms. The van der Waals surface area contributed by atoms with E-state index in [4.69, 9.17) is 9.84 Å². The number of urea groups is 1. The highest BCUT2D eigenvalue weighted by atomic mass is 16.5. The van der Waals surface area contributed by atoms with Crippen LogP contribution in [0.4, 0.5) is 4.79 Å². The van der Waals surface area contributed by atoms with E-state index in [1.807, 2.05) is 24.3 Å². The van der Waals surface area contributed by atoms with Crippen molar-refractivity contribution in [2.24, 2.45) is 0 Å². The number of methoxy groups -OCH3 is 1. The fourth-order valence-corrected chi connectivity index (χ4v) is 1.86. The summed E-state index contributed by atoms with van der Waals surface area (Å²) in [6, 6.07) is 7.09. The van der Waals surface area contributed by atoms with Crippen LogP contribution >= 0.6 is 0 Å². The number of para-hydroxylation sites is 1. The van der Waals surface area contributed by atoms with Crippen molar-refractivity contribution in [1.29, 1.82) is 0 Å². The summed E-state index contributed by atoms with van der Waals surface area (Å²) in [5.41, 5.74) is 0.293. The largest absolute Gasteiger partial charge is 0.496 e. The number of hydrogen-bond acceptors (Lipinski definition) is 3. The second-order valence-electron chi connectivity index (χ2n) is 5.40. The molecular weight excluding hydrogens is 272 g/mol. The maximum absolute atomic E-state index is 11.9. The minimum absolute atomic E-state index is 0.0137. The van der Waals surface area contributed by atoms with Gasteiger partial charge in [-0.2, -0.15) is 0 Å². The summed E-state index contributed by atoms with van der Waals surface area (Å²) in [6.45, 7) is 3.92. The smallest absolute Gasteiger partial charge is 0.315 e. The molecule has 0 heterocycles. The molecule has 0 saturated carbocycles. The standard InChI is InChI=1S/C15H22N2O4/c1-15(2,9-8-13(18)19)17-14(20)16-10-11-6-4-5-7-12(11)21-3/h4-7H,8-10H2,1-3H3,(H,18,19)(H2,16,17,20). The fraction of sp³-hybridized carbons (Fsp3) is 0.467. The Labute approximate surface area is 124 Å². The molecule has 0 radical (unpaired) electrons. The van der Waals surface area contributed by atoms with Crippen LogP contribution in [0.5, 0.6) is 5.75 Å². The molecule has 0 saturated heterocycles. The van der Waals surface area contributed by atoms with Gasteiger partial charge < -0.3 is 20.5 Å². The van der Waals surface area contributed by atoms with E-state index in [-0.39, 0.29) is 12.5 Å². The Morgan fingerprint density at radius 3 is 2.57 bits per heavy atom. The van der Waals surface area contributed by atoms with Crippen LogP contribution in [0.3, 0.4) is 0 Å². The van der Waals surface area contributed by atoms with Crippen LogP contribution in [0.15, 0.2) is 24.3 Å². The number of nitrogens with one attached hydrogen (secondary N) is 2. The van der Waals surface area contributed by atoms with Crippen LogP contribution in [-0.4, -0.2) is 29.8 Å². The molecule has 2 amide bonds. The molecule has 0 aliphatic heterocycles. The molecule has 21 heavy (non-hydrogen) atoms. The predicted molar refractivity (Wildman–Crippen MR) is 79.3 cm³/mol. The Kier molecular flexibility index (Phi) is 6.02. The van der Waals surface area contributed by atoms with Gasteiger partial charge in [-0.05, 0) is 26.3 Å². The molecule has 1 aromatic rings. The summed E-state index contributed by atoms with van der Waals surface area (Å²) in [5.74, 6) is -0.165. The molecule has 6 nitrogen and oxygen atoms in total. The van der Waals surface area contributed by atoms with Crippen LogP contribution < -0.4 is 15.4 Å². The van der Waals surface area contributed by atoms with Gasteiger partial charge in [0.15, 0.2) is 0 Å². The van der Waals surface area contributed by atoms with Gasteiger partial charge in [-0.3, -0.25) is 4.79 Å². The van der Waals surface area contributed by atoms with Crippen molar-refractivity contribution in [3.63, 3.8) is 0 Å². The zero-order valence-electron chi connectivity index (χ0n) is 12.6. The summed E-state index contributed by atoms with van der Waals surface area (Å²) in [5, 5.41) is 14.2. The zero-order valence-corrected chi connectivity index (χ0v) is 12.6. The van der Waals surface area contributed by atoms with Gasteiger partial charge in [0.1, 0.15) is 5.75 Å². The molecular formula is C15H22N2O4. The molecule has 0 aliphatic rings. The average Bonchev–Trinajstić information content (AvgIpc) is 2.43. The predicted octanol–water partition coefficient (Wildman–Crippen LogP) is 2.14. The summed E-state index contributed by atoms with van der Waals surface area (Å²) < 4.78 is 5.21. The average molecular weight is 294 g/mol. The van der Waals surface area contributed by atoms with E-state index in [1.165, 1.54) is 0 Å². The van der Waals surface area contributed by atoms with Crippen LogP contribution in [0, 0.1) is 0 Å². The Bertz CT molecular complexity index is 500. The quantitative estimate of drug-likeness (QED) is 0.719. The SMILES string of the molecule is COc1ccccc1CNC(=O)NC(C)(C)CCC(=O)O. The second kappa shape index (κ2) is 7.52. The van der Waals surface area contributed by atoms with Crippen LogP contribution in [0.25, 0.3) is 0 Å². The number of hydrogen-bond donors (Lipinski definition) is 3. The number of carbonyl (C=O) groups excluding carboxylic acids is 1. The van der Waals surface area contributed by atoms with Gasteiger partial charge >= 0.3 is 12.0 Å². The first kappa shape index (κ1) is 16.8. The highest BCUT2D eigenvalue weighted by molar-refractivity contribution is 5.75. The Hall–Kier alpha value is -2.24. The van der Waals surface area contributed by atoms with Crippen molar-refractivity contribution in [2.45, 2.75) is 38.8 Å². The fourth-order valence-electron chi connectivity index (χ4n) is 1.86. The van der Waals surface area contributed by atoms with E-state index in [2.05, 4.69) is 10.6 Å². The first-order valence-electron chi connectivity index (χ1n) is 6.74. The third kappa shape index (κ3) is 6.16. The number of aliphatic carboxylic acids is 1. The van der Waals surface area contributed by atoms with Crippen molar-refractivity contribution in [3.8, 4) is 5.75 Å². The molecule has 0 aromatic heterocycles. The lowest BCUT2D eigenvalue weighted by Crippen LogP contribution is -2.48. The summed E-state index contributed by atoms with van der Waals surface area (Å²) in [7, 11) is 1.58. The molecule has 0 fully saturated rings. The second-order valence-corrected chi connectivity index (χ2v) is 5.40. The highest BCUT2D eigenvalue weighted by Gasteiger charge is 2.21. The number of carboxylic acids is 1. The number of carbonyl (C=O) groups is 2.